The Bertz CT molecular complexity index is 235. The molecule has 0 spiro atoms. The van der Waals surface area contributed by atoms with Crippen molar-refractivity contribution in [3.05, 3.63) is 0 Å². The van der Waals surface area contributed by atoms with Crippen LogP contribution in [-0.2, 0) is 14.2 Å². The lowest BCUT2D eigenvalue weighted by atomic mass is 10.2. The van der Waals surface area contributed by atoms with Crippen LogP contribution in [-0.4, -0.2) is 50.8 Å². The van der Waals surface area contributed by atoms with Gasteiger partial charge < -0.3 is 24.8 Å². The van der Waals surface area contributed by atoms with E-state index >= 15 is 0 Å². The lowest BCUT2D eigenvalue weighted by Crippen LogP contribution is -2.39. The number of carbonyl (C=O) groups excluding carboxylic acids is 1. The zero-order valence-corrected chi connectivity index (χ0v) is 12.7. The van der Waals surface area contributed by atoms with Crippen molar-refractivity contribution in [3.63, 3.8) is 0 Å². The van der Waals surface area contributed by atoms with Gasteiger partial charge in [-0.25, -0.2) is 4.79 Å². The summed E-state index contributed by atoms with van der Waals surface area (Å²) in [5.41, 5.74) is -0.466. The Kier molecular flexibility index (Phi) is 9.55. The maximum atomic E-state index is 11.4. The molecule has 0 saturated carbocycles. The number of ether oxygens (including phenoxy) is 3. The van der Waals surface area contributed by atoms with E-state index in [0.717, 1.165) is 0 Å². The highest BCUT2D eigenvalue weighted by atomic mass is 16.7. The third kappa shape index (κ3) is 11.9. The van der Waals surface area contributed by atoms with Crippen molar-refractivity contribution in [1.82, 2.24) is 10.6 Å². The molecule has 2 N–H and O–H groups in total. The molecule has 0 unspecified atom stereocenters. The Hall–Kier alpha value is -0.850. The van der Waals surface area contributed by atoms with Crippen LogP contribution in [0.1, 0.15) is 34.6 Å². The highest BCUT2D eigenvalue weighted by molar-refractivity contribution is 5.67. The Morgan fingerprint density at radius 2 is 1.68 bits per heavy atom. The first-order valence-corrected chi connectivity index (χ1v) is 6.79. The summed E-state index contributed by atoms with van der Waals surface area (Å²) in [5.74, 6) is 0. The van der Waals surface area contributed by atoms with E-state index in [1.165, 1.54) is 0 Å². The van der Waals surface area contributed by atoms with Crippen LogP contribution in [0.15, 0.2) is 0 Å². The highest BCUT2D eigenvalue weighted by Crippen LogP contribution is 2.05. The Morgan fingerprint density at radius 3 is 2.16 bits per heavy atom. The molecule has 0 aliphatic heterocycles. The zero-order chi connectivity index (χ0) is 14.7. The summed E-state index contributed by atoms with van der Waals surface area (Å²) in [6, 6.07) is 0. The molecule has 0 atom stereocenters. The molecule has 0 rings (SSSR count). The maximum Gasteiger partial charge on any atom is 0.407 e. The Morgan fingerprint density at radius 1 is 1.11 bits per heavy atom. The first-order valence-electron chi connectivity index (χ1n) is 6.79. The molecule has 0 heterocycles. The number of rotatable bonds is 9. The third-order valence-corrected chi connectivity index (χ3v) is 1.99. The van der Waals surface area contributed by atoms with Crippen molar-refractivity contribution in [3.8, 4) is 0 Å². The van der Waals surface area contributed by atoms with Gasteiger partial charge in [0.2, 0.25) is 0 Å². The molecule has 19 heavy (non-hydrogen) atoms. The summed E-state index contributed by atoms with van der Waals surface area (Å²) in [6.45, 7) is 12.3. The van der Waals surface area contributed by atoms with Crippen molar-refractivity contribution in [2.45, 2.75) is 46.5 Å². The predicted octanol–water partition coefficient (Wildman–Crippen LogP) is 1.50. The molecule has 6 nitrogen and oxygen atoms in total. The predicted molar refractivity (Wildman–Crippen MR) is 74.1 cm³/mol. The molecule has 0 aromatic carbocycles. The SMILES string of the molecule is CCOC(CNCCNC(=O)OC(C)(C)C)OCC. The van der Waals surface area contributed by atoms with E-state index in [2.05, 4.69) is 10.6 Å². The molecule has 6 heteroatoms. The minimum atomic E-state index is -0.466. The molecule has 0 radical (unpaired) electrons. The monoisotopic (exact) mass is 276 g/mol. The van der Waals surface area contributed by atoms with Crippen LogP contribution in [0.4, 0.5) is 4.79 Å². The summed E-state index contributed by atoms with van der Waals surface area (Å²) in [6.07, 6.45) is -0.642. The van der Waals surface area contributed by atoms with Gasteiger partial charge in [0, 0.05) is 32.8 Å². The van der Waals surface area contributed by atoms with Crippen LogP contribution in [0.3, 0.4) is 0 Å². The number of carbonyl (C=O) groups is 1. The fourth-order valence-electron chi connectivity index (χ4n) is 1.32. The summed E-state index contributed by atoms with van der Waals surface area (Å²) >= 11 is 0. The number of nitrogens with one attached hydrogen (secondary N) is 2. The van der Waals surface area contributed by atoms with E-state index in [9.17, 15) is 4.79 Å². The van der Waals surface area contributed by atoms with Crippen molar-refractivity contribution in [2.75, 3.05) is 32.8 Å². The molecule has 0 fully saturated rings. The van der Waals surface area contributed by atoms with Gasteiger partial charge in [-0.1, -0.05) is 0 Å². The average Bonchev–Trinajstić information content (AvgIpc) is 2.26. The Labute approximate surface area is 116 Å². The van der Waals surface area contributed by atoms with Gasteiger partial charge in [0.1, 0.15) is 5.60 Å². The first kappa shape index (κ1) is 18.1. The molecular weight excluding hydrogens is 248 g/mol. The van der Waals surface area contributed by atoms with E-state index < -0.39 is 11.7 Å². The third-order valence-electron chi connectivity index (χ3n) is 1.99. The molecule has 0 aliphatic carbocycles. The number of hydrogen-bond acceptors (Lipinski definition) is 5. The molecule has 1 amide bonds. The molecule has 0 saturated heterocycles. The maximum absolute atomic E-state index is 11.4. The Balaban J connectivity index is 3.60. The van der Waals surface area contributed by atoms with Gasteiger partial charge in [-0.15, -0.1) is 0 Å². The van der Waals surface area contributed by atoms with E-state index in [4.69, 9.17) is 14.2 Å². The molecule has 0 bridgehead atoms. The summed E-state index contributed by atoms with van der Waals surface area (Å²) in [5, 5.41) is 5.82. The van der Waals surface area contributed by atoms with Crippen molar-refractivity contribution in [2.24, 2.45) is 0 Å². The lowest BCUT2D eigenvalue weighted by Gasteiger charge is -2.20. The number of alkyl carbamates (subject to hydrolysis) is 1. The van der Waals surface area contributed by atoms with Gasteiger partial charge in [-0.2, -0.15) is 0 Å². The summed E-state index contributed by atoms with van der Waals surface area (Å²) < 4.78 is 15.9. The average molecular weight is 276 g/mol. The molecule has 0 aromatic rings. The van der Waals surface area contributed by atoms with Gasteiger partial charge in [0.05, 0.1) is 0 Å². The topological polar surface area (TPSA) is 68.8 Å². The largest absolute Gasteiger partial charge is 0.444 e. The van der Waals surface area contributed by atoms with Gasteiger partial charge in [0.25, 0.3) is 0 Å². The minimum Gasteiger partial charge on any atom is -0.444 e. The number of hydrogen-bond donors (Lipinski definition) is 2. The van der Waals surface area contributed by atoms with Crippen LogP contribution in [0, 0.1) is 0 Å². The smallest absolute Gasteiger partial charge is 0.407 e. The standard InChI is InChI=1S/C13H28N2O4/c1-6-17-11(18-7-2)10-14-8-9-15-12(16)19-13(3,4)5/h11,14H,6-10H2,1-5H3,(H,15,16). The van der Waals surface area contributed by atoms with Gasteiger partial charge >= 0.3 is 6.09 Å². The van der Waals surface area contributed by atoms with Crippen LogP contribution < -0.4 is 10.6 Å². The molecular formula is C13H28N2O4. The van der Waals surface area contributed by atoms with Crippen LogP contribution in [0.25, 0.3) is 0 Å². The second-order valence-corrected chi connectivity index (χ2v) is 4.97. The second kappa shape index (κ2) is 10.00. The number of amides is 1. The lowest BCUT2D eigenvalue weighted by molar-refractivity contribution is -0.132. The molecule has 0 aromatic heterocycles. The van der Waals surface area contributed by atoms with Gasteiger partial charge in [-0.3, -0.25) is 0 Å². The van der Waals surface area contributed by atoms with Crippen molar-refractivity contribution in [1.29, 1.82) is 0 Å². The van der Waals surface area contributed by atoms with Gasteiger partial charge in [0.15, 0.2) is 6.29 Å². The highest BCUT2D eigenvalue weighted by Gasteiger charge is 2.15. The fraction of sp³-hybridized carbons (Fsp3) is 0.923. The summed E-state index contributed by atoms with van der Waals surface area (Å²) in [7, 11) is 0. The van der Waals surface area contributed by atoms with E-state index in [1.54, 1.807) is 0 Å². The van der Waals surface area contributed by atoms with Crippen LogP contribution >= 0.6 is 0 Å². The quantitative estimate of drug-likeness (QED) is 0.493. The first-order chi connectivity index (χ1) is 8.89. The molecule has 0 aliphatic rings. The fourth-order valence-corrected chi connectivity index (χ4v) is 1.32. The van der Waals surface area contributed by atoms with Crippen LogP contribution in [0.2, 0.25) is 0 Å². The van der Waals surface area contributed by atoms with Crippen molar-refractivity contribution >= 4 is 6.09 Å². The van der Waals surface area contributed by atoms with Gasteiger partial charge in [-0.05, 0) is 34.6 Å². The van der Waals surface area contributed by atoms with Crippen molar-refractivity contribution < 1.29 is 19.0 Å². The van der Waals surface area contributed by atoms with E-state index in [0.29, 0.717) is 32.8 Å². The summed E-state index contributed by atoms with van der Waals surface area (Å²) in [4.78, 5) is 11.4. The van der Waals surface area contributed by atoms with E-state index in [1.807, 2.05) is 34.6 Å². The second-order valence-electron chi connectivity index (χ2n) is 4.97. The minimum absolute atomic E-state index is 0.239. The van der Waals surface area contributed by atoms with Crippen LogP contribution in [0.5, 0.6) is 0 Å². The normalized spacial score (nSPS) is 11.7. The van der Waals surface area contributed by atoms with E-state index in [-0.39, 0.29) is 6.29 Å². The zero-order valence-electron chi connectivity index (χ0n) is 12.7. The molecule has 114 valence electrons.